The van der Waals surface area contributed by atoms with Crippen molar-refractivity contribution in [2.75, 3.05) is 13.7 Å². The van der Waals surface area contributed by atoms with Gasteiger partial charge in [-0.15, -0.1) is 0 Å². The summed E-state index contributed by atoms with van der Waals surface area (Å²) >= 11 is 0. The Bertz CT molecular complexity index is 496. The minimum absolute atomic E-state index is 0.0788. The van der Waals surface area contributed by atoms with E-state index in [1.54, 1.807) is 7.11 Å². The predicted molar refractivity (Wildman–Crippen MR) is 64.3 cm³/mol. The van der Waals surface area contributed by atoms with Crippen LogP contribution in [0, 0.1) is 0 Å². The highest BCUT2D eigenvalue weighted by molar-refractivity contribution is 6.09. The van der Waals surface area contributed by atoms with Crippen LogP contribution in [-0.2, 0) is 4.74 Å². The van der Waals surface area contributed by atoms with E-state index in [9.17, 15) is 4.79 Å². The third-order valence-corrected chi connectivity index (χ3v) is 3.47. The molecule has 1 aliphatic carbocycles. The Balaban J connectivity index is 2.07. The predicted octanol–water partition coefficient (Wildman–Crippen LogP) is 2.45. The maximum absolute atomic E-state index is 12.4. The molecule has 88 valence electrons. The number of ketones is 1. The van der Waals surface area contributed by atoms with Crippen LogP contribution < -0.4 is 4.74 Å². The van der Waals surface area contributed by atoms with Crippen molar-refractivity contribution >= 4 is 11.9 Å². The number of fused-ring (bicyclic) bond motifs is 1. The molecule has 1 atom stereocenters. The Hall–Kier alpha value is -1.61. The number of hydrogen-bond donors (Lipinski definition) is 0. The summed E-state index contributed by atoms with van der Waals surface area (Å²) in [4.78, 5) is 12.4. The van der Waals surface area contributed by atoms with Crippen molar-refractivity contribution in [1.29, 1.82) is 0 Å². The molecule has 1 spiro atoms. The summed E-state index contributed by atoms with van der Waals surface area (Å²) in [7, 11) is 1.62. The van der Waals surface area contributed by atoms with Gasteiger partial charge >= 0.3 is 0 Å². The number of carbonyl (C=O) groups is 1. The molecule has 1 fully saturated rings. The van der Waals surface area contributed by atoms with Crippen molar-refractivity contribution in [3.63, 3.8) is 0 Å². The van der Waals surface area contributed by atoms with E-state index in [1.165, 1.54) is 0 Å². The lowest BCUT2D eigenvalue weighted by Crippen LogP contribution is -2.38. The summed E-state index contributed by atoms with van der Waals surface area (Å²) in [6, 6.07) is 5.52. The minimum Gasteiger partial charge on any atom is -0.497 e. The van der Waals surface area contributed by atoms with Gasteiger partial charge in [0.15, 0.2) is 5.78 Å². The van der Waals surface area contributed by atoms with Gasteiger partial charge in [-0.05, 0) is 42.7 Å². The average Bonchev–Trinajstić information content (AvgIpc) is 2.84. The van der Waals surface area contributed by atoms with E-state index in [4.69, 9.17) is 9.47 Å². The first-order valence-corrected chi connectivity index (χ1v) is 5.81. The molecule has 0 N–H and O–H groups in total. The van der Waals surface area contributed by atoms with E-state index < -0.39 is 5.60 Å². The molecule has 0 saturated carbocycles. The Morgan fingerprint density at radius 3 is 3.00 bits per heavy atom. The van der Waals surface area contributed by atoms with Gasteiger partial charge in [0.05, 0.1) is 7.11 Å². The van der Waals surface area contributed by atoms with E-state index in [0.717, 1.165) is 29.7 Å². The van der Waals surface area contributed by atoms with Gasteiger partial charge in [0.25, 0.3) is 0 Å². The molecule has 17 heavy (non-hydrogen) atoms. The van der Waals surface area contributed by atoms with Crippen molar-refractivity contribution < 1.29 is 14.3 Å². The highest BCUT2D eigenvalue weighted by Gasteiger charge is 2.43. The number of benzene rings is 1. The maximum atomic E-state index is 12.4. The van der Waals surface area contributed by atoms with Crippen molar-refractivity contribution in [3.05, 3.63) is 35.4 Å². The Morgan fingerprint density at radius 2 is 2.29 bits per heavy atom. The zero-order valence-corrected chi connectivity index (χ0v) is 9.73. The third kappa shape index (κ3) is 1.50. The molecular formula is C14H14O3. The average molecular weight is 230 g/mol. The van der Waals surface area contributed by atoms with E-state index >= 15 is 0 Å². The summed E-state index contributed by atoms with van der Waals surface area (Å²) in [5, 5.41) is 0. The lowest BCUT2D eigenvalue weighted by Gasteiger charge is -2.27. The van der Waals surface area contributed by atoms with Crippen LogP contribution in [0.4, 0.5) is 0 Å². The van der Waals surface area contributed by atoms with Crippen LogP contribution in [0.25, 0.3) is 6.08 Å². The number of rotatable bonds is 1. The second-order valence-electron chi connectivity index (χ2n) is 4.46. The van der Waals surface area contributed by atoms with Crippen LogP contribution in [0.3, 0.4) is 0 Å². The number of Topliss-reactive ketones (excluding diaryl/α,β-unsaturated/α-hetero) is 1. The first kappa shape index (κ1) is 10.5. The molecule has 3 nitrogen and oxygen atoms in total. The third-order valence-electron chi connectivity index (χ3n) is 3.47. The summed E-state index contributed by atoms with van der Waals surface area (Å²) in [6.07, 6.45) is 5.59. The molecule has 0 radical (unpaired) electrons. The summed E-state index contributed by atoms with van der Waals surface area (Å²) in [6.45, 7) is 0.668. The SMILES string of the molecule is COc1ccc2c(c1)C=C[C@]1(CCCO1)C2=O. The second-order valence-corrected chi connectivity index (χ2v) is 4.46. The van der Waals surface area contributed by atoms with Gasteiger partial charge in [-0.2, -0.15) is 0 Å². The molecule has 0 unspecified atom stereocenters. The number of hydrogen-bond acceptors (Lipinski definition) is 3. The lowest BCUT2D eigenvalue weighted by molar-refractivity contribution is 0.0353. The summed E-state index contributed by atoms with van der Waals surface area (Å²) in [5.41, 5.74) is 0.951. The van der Waals surface area contributed by atoms with E-state index in [0.29, 0.717) is 6.61 Å². The maximum Gasteiger partial charge on any atom is 0.199 e. The fourth-order valence-corrected chi connectivity index (χ4v) is 2.51. The highest BCUT2D eigenvalue weighted by atomic mass is 16.5. The number of ether oxygens (including phenoxy) is 2. The van der Waals surface area contributed by atoms with E-state index in [-0.39, 0.29) is 5.78 Å². The smallest absolute Gasteiger partial charge is 0.199 e. The monoisotopic (exact) mass is 230 g/mol. The van der Waals surface area contributed by atoms with Crippen molar-refractivity contribution in [3.8, 4) is 5.75 Å². The molecule has 3 rings (SSSR count). The standard InChI is InChI=1S/C14H14O3/c1-16-11-3-4-12-10(9-11)5-7-14(13(12)15)6-2-8-17-14/h3-5,7,9H,2,6,8H2,1H3/t14-/m1/s1. The van der Waals surface area contributed by atoms with Gasteiger partial charge in [0, 0.05) is 12.2 Å². The van der Waals surface area contributed by atoms with E-state index in [1.807, 2.05) is 30.4 Å². The summed E-state index contributed by atoms with van der Waals surface area (Å²) in [5.74, 6) is 0.847. The van der Waals surface area contributed by atoms with Crippen LogP contribution in [0.5, 0.6) is 5.75 Å². The molecule has 3 heteroatoms. The van der Waals surface area contributed by atoms with Gasteiger partial charge in [-0.1, -0.05) is 6.08 Å². The zero-order chi connectivity index (χ0) is 11.9. The molecule has 1 aromatic carbocycles. The fourth-order valence-electron chi connectivity index (χ4n) is 2.51. The van der Waals surface area contributed by atoms with Crippen LogP contribution in [0.15, 0.2) is 24.3 Å². The molecule has 1 aromatic rings. The van der Waals surface area contributed by atoms with Gasteiger partial charge < -0.3 is 9.47 Å². The van der Waals surface area contributed by atoms with Crippen LogP contribution in [0.1, 0.15) is 28.8 Å². The number of carbonyl (C=O) groups excluding carboxylic acids is 1. The molecule has 0 amide bonds. The number of methoxy groups -OCH3 is 1. The summed E-state index contributed by atoms with van der Waals surface area (Å²) < 4.78 is 10.8. The quantitative estimate of drug-likeness (QED) is 0.743. The van der Waals surface area contributed by atoms with Crippen LogP contribution in [-0.4, -0.2) is 25.1 Å². The van der Waals surface area contributed by atoms with Gasteiger partial charge in [-0.3, -0.25) is 4.79 Å². The largest absolute Gasteiger partial charge is 0.497 e. The van der Waals surface area contributed by atoms with Gasteiger partial charge in [0.2, 0.25) is 0 Å². The van der Waals surface area contributed by atoms with Crippen molar-refractivity contribution in [2.45, 2.75) is 18.4 Å². The minimum atomic E-state index is -0.693. The van der Waals surface area contributed by atoms with E-state index in [2.05, 4.69) is 0 Å². The van der Waals surface area contributed by atoms with Crippen molar-refractivity contribution in [2.24, 2.45) is 0 Å². The normalized spacial score (nSPS) is 26.3. The zero-order valence-electron chi connectivity index (χ0n) is 9.73. The molecule has 1 heterocycles. The van der Waals surface area contributed by atoms with Gasteiger partial charge in [0.1, 0.15) is 11.4 Å². The second kappa shape index (κ2) is 3.70. The first-order valence-electron chi connectivity index (χ1n) is 5.81. The first-order chi connectivity index (χ1) is 8.25. The molecule has 2 aliphatic rings. The molecular weight excluding hydrogens is 216 g/mol. The molecule has 1 aliphatic heterocycles. The Kier molecular flexibility index (Phi) is 2.30. The topological polar surface area (TPSA) is 35.5 Å². The fraction of sp³-hybridized carbons (Fsp3) is 0.357. The Morgan fingerprint density at radius 1 is 1.41 bits per heavy atom. The van der Waals surface area contributed by atoms with Crippen LogP contribution >= 0.6 is 0 Å². The molecule has 0 aromatic heterocycles. The Labute approximate surface area is 100 Å². The van der Waals surface area contributed by atoms with Gasteiger partial charge in [-0.25, -0.2) is 0 Å². The van der Waals surface area contributed by atoms with Crippen molar-refractivity contribution in [1.82, 2.24) is 0 Å². The highest BCUT2D eigenvalue weighted by Crippen LogP contribution is 2.37. The molecule has 0 bridgehead atoms. The lowest BCUT2D eigenvalue weighted by atomic mass is 9.83. The van der Waals surface area contributed by atoms with Crippen LogP contribution in [0.2, 0.25) is 0 Å². The molecule has 1 saturated heterocycles.